The molecule has 9 nitrogen and oxygen atoms in total. The third-order valence-electron chi connectivity index (χ3n) is 7.61. The van der Waals surface area contributed by atoms with E-state index in [0.29, 0.717) is 23.8 Å². The van der Waals surface area contributed by atoms with Crippen LogP contribution in [0, 0.1) is 6.92 Å². The number of carbonyl (C=O) groups is 1. The number of aryl methyl sites for hydroxylation is 2. The second-order valence-electron chi connectivity index (χ2n) is 9.74. The lowest BCUT2D eigenvalue weighted by Crippen LogP contribution is -2.64. The molecule has 1 amide bonds. The Morgan fingerprint density at radius 1 is 1.05 bits per heavy atom. The van der Waals surface area contributed by atoms with Crippen LogP contribution in [-0.4, -0.2) is 52.2 Å². The maximum atomic E-state index is 13.7. The molecule has 1 atom stereocenters. The van der Waals surface area contributed by atoms with E-state index in [9.17, 15) is 4.79 Å². The standard InChI is InChI=1S/C28H29N7O2/c1-18-16-35(17-30-18)22-10-9-21(13-24(22)37-4)31-27-29-15-23-25(32-27)34(3)28(26(36)33(23)2)12-11-19-7-5-6-8-20(19)14-28/h5-10,13,15-17H,11-12,14H2,1-4H3,(H,29,31,32). The van der Waals surface area contributed by atoms with Gasteiger partial charge in [-0.3, -0.25) is 4.79 Å². The number of benzene rings is 2. The zero-order valence-electron chi connectivity index (χ0n) is 21.4. The van der Waals surface area contributed by atoms with E-state index in [1.807, 2.05) is 56.0 Å². The van der Waals surface area contributed by atoms with Gasteiger partial charge in [0, 0.05) is 38.5 Å². The number of hydrogen-bond donors (Lipinski definition) is 1. The topological polar surface area (TPSA) is 88.4 Å². The number of anilines is 4. The average molecular weight is 496 g/mol. The van der Waals surface area contributed by atoms with Gasteiger partial charge in [0.05, 0.1) is 31.0 Å². The highest BCUT2D eigenvalue weighted by molar-refractivity contribution is 6.07. The number of amides is 1. The van der Waals surface area contributed by atoms with Crippen LogP contribution in [-0.2, 0) is 17.6 Å². The molecule has 1 spiro atoms. The predicted molar refractivity (Wildman–Crippen MR) is 143 cm³/mol. The first-order chi connectivity index (χ1) is 17.9. The highest BCUT2D eigenvalue weighted by Crippen LogP contribution is 2.44. The molecule has 0 saturated heterocycles. The summed E-state index contributed by atoms with van der Waals surface area (Å²) in [6.45, 7) is 1.95. The third-order valence-corrected chi connectivity index (χ3v) is 7.61. The lowest BCUT2D eigenvalue weighted by molar-refractivity contribution is -0.124. The van der Waals surface area contributed by atoms with Gasteiger partial charge in [0.2, 0.25) is 5.95 Å². The SMILES string of the molecule is COc1cc(Nc2ncc3c(n2)N(C)C2(CCc4ccccc4C2)C(=O)N3C)ccc1-n1cnc(C)c1. The normalized spacial score (nSPS) is 18.5. The van der Waals surface area contributed by atoms with E-state index < -0.39 is 5.54 Å². The molecule has 0 bridgehead atoms. The number of nitrogens with zero attached hydrogens (tertiary/aromatic N) is 6. The summed E-state index contributed by atoms with van der Waals surface area (Å²) in [5, 5.41) is 3.31. The molecule has 6 rings (SSSR count). The molecule has 4 aromatic rings. The van der Waals surface area contributed by atoms with Crippen molar-refractivity contribution in [2.24, 2.45) is 0 Å². The van der Waals surface area contributed by atoms with Gasteiger partial charge in [-0.2, -0.15) is 4.98 Å². The number of nitrogens with one attached hydrogen (secondary N) is 1. The quantitative estimate of drug-likeness (QED) is 0.457. The van der Waals surface area contributed by atoms with E-state index in [1.54, 1.807) is 24.5 Å². The van der Waals surface area contributed by atoms with E-state index in [2.05, 4.69) is 38.4 Å². The van der Waals surface area contributed by atoms with Crippen LogP contribution in [0.3, 0.4) is 0 Å². The Morgan fingerprint density at radius 3 is 2.62 bits per heavy atom. The molecule has 0 fully saturated rings. The van der Waals surface area contributed by atoms with Gasteiger partial charge in [-0.25, -0.2) is 9.97 Å². The Kier molecular flexibility index (Phi) is 5.36. The molecule has 0 radical (unpaired) electrons. The van der Waals surface area contributed by atoms with Crippen molar-refractivity contribution >= 4 is 29.0 Å². The summed E-state index contributed by atoms with van der Waals surface area (Å²) in [4.78, 5) is 31.1. The monoisotopic (exact) mass is 495 g/mol. The number of carbonyl (C=O) groups excluding carboxylic acids is 1. The number of fused-ring (bicyclic) bond motifs is 2. The number of ether oxygens (including phenoxy) is 1. The summed E-state index contributed by atoms with van der Waals surface area (Å²) < 4.78 is 7.57. The maximum Gasteiger partial charge on any atom is 0.253 e. The lowest BCUT2D eigenvalue weighted by Gasteiger charge is -2.50. The summed E-state index contributed by atoms with van der Waals surface area (Å²) in [7, 11) is 5.43. The van der Waals surface area contributed by atoms with Crippen molar-refractivity contribution in [3.8, 4) is 11.4 Å². The largest absolute Gasteiger partial charge is 0.494 e. The molecule has 0 saturated carbocycles. The first kappa shape index (κ1) is 23.0. The predicted octanol–water partition coefficient (Wildman–Crippen LogP) is 4.06. The Hall–Kier alpha value is -4.40. The van der Waals surface area contributed by atoms with Gasteiger partial charge in [0.1, 0.15) is 17.0 Å². The molecular weight excluding hydrogens is 466 g/mol. The fourth-order valence-corrected chi connectivity index (χ4v) is 5.52. The fourth-order valence-electron chi connectivity index (χ4n) is 5.52. The molecule has 1 N–H and O–H groups in total. The van der Waals surface area contributed by atoms with Crippen LogP contribution in [0.4, 0.5) is 23.1 Å². The maximum absolute atomic E-state index is 13.7. The van der Waals surface area contributed by atoms with Crippen LogP contribution in [0.1, 0.15) is 23.2 Å². The first-order valence-electron chi connectivity index (χ1n) is 12.3. The zero-order valence-corrected chi connectivity index (χ0v) is 21.4. The van der Waals surface area contributed by atoms with Crippen LogP contribution in [0.25, 0.3) is 5.69 Å². The number of hydrogen-bond acceptors (Lipinski definition) is 7. The number of methoxy groups -OCH3 is 1. The van der Waals surface area contributed by atoms with Crippen LogP contribution in [0.5, 0.6) is 5.75 Å². The molecule has 1 aliphatic heterocycles. The van der Waals surface area contributed by atoms with Gasteiger partial charge >= 0.3 is 0 Å². The van der Waals surface area contributed by atoms with E-state index >= 15 is 0 Å². The average Bonchev–Trinajstić information content (AvgIpc) is 3.36. The van der Waals surface area contributed by atoms with Gasteiger partial charge in [-0.05, 0) is 43.0 Å². The molecule has 188 valence electrons. The van der Waals surface area contributed by atoms with Crippen molar-refractivity contribution in [2.45, 2.75) is 31.7 Å². The van der Waals surface area contributed by atoms with Gasteiger partial charge in [-0.1, -0.05) is 24.3 Å². The highest BCUT2D eigenvalue weighted by atomic mass is 16.5. The Morgan fingerprint density at radius 2 is 1.86 bits per heavy atom. The Bertz CT molecular complexity index is 1510. The Labute approximate surface area is 215 Å². The van der Waals surface area contributed by atoms with Gasteiger partial charge in [0.25, 0.3) is 5.91 Å². The molecule has 2 aromatic carbocycles. The summed E-state index contributed by atoms with van der Waals surface area (Å²) in [5.41, 5.74) is 5.18. The molecule has 3 heterocycles. The van der Waals surface area contributed by atoms with Crippen molar-refractivity contribution in [2.75, 3.05) is 36.3 Å². The lowest BCUT2D eigenvalue weighted by atomic mass is 9.75. The minimum Gasteiger partial charge on any atom is -0.494 e. The summed E-state index contributed by atoms with van der Waals surface area (Å²) in [6, 6.07) is 14.2. The van der Waals surface area contributed by atoms with E-state index in [-0.39, 0.29) is 5.91 Å². The molecular formula is C28H29N7O2. The van der Waals surface area contributed by atoms with E-state index in [1.165, 1.54) is 11.1 Å². The van der Waals surface area contributed by atoms with E-state index in [0.717, 1.165) is 35.7 Å². The van der Waals surface area contributed by atoms with Gasteiger partial charge < -0.3 is 24.4 Å². The van der Waals surface area contributed by atoms with Crippen molar-refractivity contribution < 1.29 is 9.53 Å². The highest BCUT2D eigenvalue weighted by Gasteiger charge is 2.51. The second kappa shape index (κ2) is 8.62. The van der Waals surface area contributed by atoms with Crippen molar-refractivity contribution in [3.05, 3.63) is 78.0 Å². The van der Waals surface area contributed by atoms with Crippen LogP contribution < -0.4 is 19.9 Å². The molecule has 9 heteroatoms. The molecule has 1 aliphatic carbocycles. The second-order valence-corrected chi connectivity index (χ2v) is 9.74. The van der Waals surface area contributed by atoms with Crippen molar-refractivity contribution in [1.82, 2.24) is 19.5 Å². The van der Waals surface area contributed by atoms with Crippen LogP contribution in [0.2, 0.25) is 0 Å². The number of likely N-dealkylation sites (N-methyl/N-ethyl adjacent to an activating group) is 2. The van der Waals surface area contributed by atoms with E-state index in [4.69, 9.17) is 9.72 Å². The fraction of sp³-hybridized carbons (Fsp3) is 0.286. The minimum absolute atomic E-state index is 0.0800. The number of aromatic nitrogens is 4. The Balaban J connectivity index is 1.32. The number of imidazole rings is 1. The smallest absolute Gasteiger partial charge is 0.253 e. The van der Waals surface area contributed by atoms with Crippen molar-refractivity contribution in [1.29, 1.82) is 0 Å². The molecule has 2 aromatic heterocycles. The zero-order chi connectivity index (χ0) is 25.7. The number of rotatable bonds is 4. The third kappa shape index (κ3) is 3.69. The molecule has 1 unspecified atom stereocenters. The van der Waals surface area contributed by atoms with Gasteiger partial charge in [-0.15, -0.1) is 0 Å². The van der Waals surface area contributed by atoms with Crippen LogP contribution >= 0.6 is 0 Å². The molecule has 2 aliphatic rings. The van der Waals surface area contributed by atoms with Gasteiger partial charge in [0.15, 0.2) is 5.82 Å². The van der Waals surface area contributed by atoms with Crippen molar-refractivity contribution in [3.63, 3.8) is 0 Å². The minimum atomic E-state index is -0.671. The molecule has 37 heavy (non-hydrogen) atoms. The first-order valence-corrected chi connectivity index (χ1v) is 12.3. The summed E-state index contributed by atoms with van der Waals surface area (Å²) >= 11 is 0. The van der Waals surface area contributed by atoms with Crippen LogP contribution in [0.15, 0.2) is 61.2 Å². The summed E-state index contributed by atoms with van der Waals surface area (Å²) in [6.07, 6.45) is 7.67. The summed E-state index contributed by atoms with van der Waals surface area (Å²) in [5.74, 6) is 1.96.